The molecule has 6 nitrogen and oxygen atoms in total. The highest BCUT2D eigenvalue weighted by Gasteiger charge is 2.37. The number of hydrogen-bond donors (Lipinski definition) is 0. The van der Waals surface area contributed by atoms with Crippen molar-refractivity contribution in [2.24, 2.45) is 5.92 Å². The van der Waals surface area contributed by atoms with Crippen molar-refractivity contribution in [3.8, 4) is 11.5 Å². The molecule has 1 unspecified atom stereocenters. The average Bonchev–Trinajstić information content (AvgIpc) is 2.78. The second-order valence-corrected chi connectivity index (χ2v) is 8.65. The number of carbonyl (C=O) groups is 2. The lowest BCUT2D eigenvalue weighted by Crippen LogP contribution is -2.38. The van der Waals surface area contributed by atoms with E-state index in [0.29, 0.717) is 28.3 Å². The van der Waals surface area contributed by atoms with E-state index < -0.39 is 23.5 Å². The minimum atomic E-state index is -0.737. The zero-order chi connectivity index (χ0) is 25.0. The molecule has 2 aromatic carbocycles. The molecule has 1 aliphatic rings. The van der Waals surface area contributed by atoms with Crippen molar-refractivity contribution in [3.63, 3.8) is 0 Å². The highest BCUT2D eigenvalue weighted by atomic mass is 19.1. The van der Waals surface area contributed by atoms with Crippen molar-refractivity contribution in [1.29, 1.82) is 0 Å². The normalized spacial score (nSPS) is 16.2. The smallest absolute Gasteiger partial charge is 0.336 e. The molecule has 0 fully saturated rings. The highest BCUT2D eigenvalue weighted by molar-refractivity contribution is 5.96. The third-order valence-electron chi connectivity index (χ3n) is 5.63. The van der Waals surface area contributed by atoms with Crippen molar-refractivity contribution in [2.45, 2.75) is 39.7 Å². The van der Waals surface area contributed by atoms with Gasteiger partial charge in [-0.25, -0.2) is 13.6 Å². The molecule has 3 rings (SSSR count). The van der Waals surface area contributed by atoms with E-state index in [1.54, 1.807) is 25.1 Å². The molecular formula is C26H29F2NO5. The minimum absolute atomic E-state index is 0.0302. The van der Waals surface area contributed by atoms with Crippen LogP contribution in [0.25, 0.3) is 0 Å². The van der Waals surface area contributed by atoms with Crippen molar-refractivity contribution < 1.29 is 32.6 Å². The number of methoxy groups -OCH3 is 2. The Morgan fingerprint density at radius 1 is 1.03 bits per heavy atom. The summed E-state index contributed by atoms with van der Waals surface area (Å²) in [6.07, 6.45) is -0.0302. The summed E-state index contributed by atoms with van der Waals surface area (Å²) in [7, 11) is 3.03. The molecule has 0 saturated heterocycles. The van der Waals surface area contributed by atoms with Crippen molar-refractivity contribution in [2.75, 3.05) is 20.8 Å². The maximum atomic E-state index is 13.7. The molecule has 1 amide bonds. The fourth-order valence-corrected chi connectivity index (χ4v) is 3.99. The monoisotopic (exact) mass is 473 g/mol. The summed E-state index contributed by atoms with van der Waals surface area (Å²) in [5.41, 5.74) is 1.63. The van der Waals surface area contributed by atoms with Gasteiger partial charge in [0.05, 0.1) is 32.9 Å². The van der Waals surface area contributed by atoms with Crippen molar-refractivity contribution in [3.05, 3.63) is 70.4 Å². The molecule has 2 aromatic rings. The van der Waals surface area contributed by atoms with Crippen molar-refractivity contribution >= 4 is 11.9 Å². The lowest BCUT2D eigenvalue weighted by molar-refractivity contribution is -0.141. The first-order valence-corrected chi connectivity index (χ1v) is 11.0. The third kappa shape index (κ3) is 5.73. The Labute approximate surface area is 198 Å². The van der Waals surface area contributed by atoms with Gasteiger partial charge in [-0.15, -0.1) is 0 Å². The Morgan fingerprint density at radius 2 is 1.62 bits per heavy atom. The average molecular weight is 474 g/mol. The summed E-state index contributed by atoms with van der Waals surface area (Å²) >= 11 is 0. The topological polar surface area (TPSA) is 65.1 Å². The van der Waals surface area contributed by atoms with Crippen LogP contribution in [0.15, 0.2) is 47.7 Å². The first-order chi connectivity index (χ1) is 16.1. The van der Waals surface area contributed by atoms with Gasteiger partial charge in [-0.05, 0) is 48.2 Å². The minimum Gasteiger partial charge on any atom is -0.497 e. The molecule has 0 saturated carbocycles. The van der Waals surface area contributed by atoms with E-state index in [1.807, 2.05) is 13.8 Å². The van der Waals surface area contributed by atoms with Gasteiger partial charge in [0, 0.05) is 30.2 Å². The quantitative estimate of drug-likeness (QED) is 0.507. The molecule has 0 aromatic heterocycles. The number of ether oxygens (including phenoxy) is 3. The van der Waals surface area contributed by atoms with E-state index in [4.69, 9.17) is 14.2 Å². The summed E-state index contributed by atoms with van der Waals surface area (Å²) < 4.78 is 43.7. The maximum Gasteiger partial charge on any atom is 0.336 e. The van der Waals surface area contributed by atoms with Gasteiger partial charge in [-0.3, -0.25) is 4.79 Å². The summed E-state index contributed by atoms with van der Waals surface area (Å²) in [6, 6.07) is 8.30. The van der Waals surface area contributed by atoms with Crippen LogP contribution in [0.5, 0.6) is 11.5 Å². The Kier molecular flexibility index (Phi) is 7.91. The predicted octanol–water partition coefficient (Wildman–Crippen LogP) is 4.97. The number of allylic oxidation sites excluding steroid dienone is 1. The van der Waals surface area contributed by atoms with Crippen molar-refractivity contribution in [1.82, 2.24) is 4.90 Å². The molecule has 1 atom stereocenters. The SMILES string of the molecule is COc1cc(OC)cc(C2CC(=O)N(Cc3cc(F)cc(F)c3)C(C)=C2C(=O)OCC(C)C)c1. The van der Waals surface area contributed by atoms with Gasteiger partial charge in [0.1, 0.15) is 23.1 Å². The molecule has 1 aliphatic heterocycles. The first-order valence-electron chi connectivity index (χ1n) is 11.0. The summed E-state index contributed by atoms with van der Waals surface area (Å²) in [5, 5.41) is 0. The van der Waals surface area contributed by atoms with E-state index >= 15 is 0 Å². The number of halogens is 2. The van der Waals surface area contributed by atoms with Gasteiger partial charge in [-0.1, -0.05) is 13.8 Å². The molecule has 8 heteroatoms. The number of rotatable bonds is 8. The summed E-state index contributed by atoms with van der Waals surface area (Å²) in [4.78, 5) is 27.8. The van der Waals surface area contributed by atoms with Crippen LogP contribution < -0.4 is 9.47 Å². The van der Waals surface area contributed by atoms with Crippen LogP contribution >= 0.6 is 0 Å². The zero-order valence-electron chi connectivity index (χ0n) is 20.0. The van der Waals surface area contributed by atoms with E-state index in [2.05, 4.69) is 0 Å². The largest absolute Gasteiger partial charge is 0.497 e. The molecule has 182 valence electrons. The molecule has 0 spiro atoms. The number of hydrogen-bond acceptors (Lipinski definition) is 5. The number of nitrogens with zero attached hydrogens (tertiary/aromatic N) is 1. The first kappa shape index (κ1) is 25.2. The Bertz CT molecular complexity index is 1070. The van der Waals surface area contributed by atoms with E-state index in [0.717, 1.165) is 6.07 Å². The Morgan fingerprint density at radius 3 is 2.15 bits per heavy atom. The molecule has 0 aliphatic carbocycles. The molecule has 0 N–H and O–H groups in total. The van der Waals surface area contributed by atoms with Gasteiger partial charge >= 0.3 is 5.97 Å². The fourth-order valence-electron chi connectivity index (χ4n) is 3.99. The predicted molar refractivity (Wildman–Crippen MR) is 122 cm³/mol. The maximum absolute atomic E-state index is 13.7. The van der Waals surface area contributed by atoms with Crippen LogP contribution in [0, 0.1) is 17.6 Å². The second-order valence-electron chi connectivity index (χ2n) is 8.65. The second kappa shape index (κ2) is 10.7. The highest BCUT2D eigenvalue weighted by Crippen LogP contribution is 2.40. The standard InChI is InChI=1S/C26H29F2NO5/c1-15(2)14-34-26(31)25-16(3)29(13-17-6-19(27)10-20(28)7-17)24(30)12-23(25)18-8-21(32-4)11-22(9-18)33-5/h6-11,15,23H,12-14H2,1-5H3. The van der Waals surface area contributed by atoms with Gasteiger partial charge in [-0.2, -0.15) is 0 Å². The van der Waals surface area contributed by atoms with Crippen LogP contribution in [-0.2, 0) is 20.9 Å². The van der Waals surface area contributed by atoms with Crippen LogP contribution in [-0.4, -0.2) is 37.6 Å². The van der Waals surface area contributed by atoms with Gasteiger partial charge in [0.15, 0.2) is 0 Å². The third-order valence-corrected chi connectivity index (χ3v) is 5.63. The molecule has 1 heterocycles. The van der Waals surface area contributed by atoms with Crippen LogP contribution in [0.3, 0.4) is 0 Å². The van der Waals surface area contributed by atoms with E-state index in [-0.39, 0.29) is 37.0 Å². The molecular weight excluding hydrogens is 444 g/mol. The lowest BCUT2D eigenvalue weighted by Gasteiger charge is -2.35. The Balaban J connectivity index is 2.08. The van der Waals surface area contributed by atoms with E-state index in [9.17, 15) is 18.4 Å². The molecule has 0 radical (unpaired) electrons. The number of amides is 1. The van der Waals surface area contributed by atoms with Gasteiger partial charge in [0.2, 0.25) is 5.91 Å². The molecule has 0 bridgehead atoms. The zero-order valence-corrected chi connectivity index (χ0v) is 20.0. The lowest BCUT2D eigenvalue weighted by atomic mass is 9.83. The van der Waals surface area contributed by atoms with Crippen LogP contribution in [0.1, 0.15) is 44.2 Å². The van der Waals surface area contributed by atoms with E-state index in [1.165, 1.54) is 31.3 Å². The van der Waals surface area contributed by atoms with Gasteiger partial charge < -0.3 is 19.1 Å². The summed E-state index contributed by atoms with van der Waals surface area (Å²) in [6.45, 7) is 5.63. The number of carbonyl (C=O) groups excluding carboxylic acids is 2. The fraction of sp³-hybridized carbons (Fsp3) is 0.385. The number of esters is 1. The molecule has 34 heavy (non-hydrogen) atoms. The summed E-state index contributed by atoms with van der Waals surface area (Å²) in [5.74, 6) is -1.74. The Hall–Kier alpha value is -3.42. The number of benzene rings is 2. The van der Waals surface area contributed by atoms with Gasteiger partial charge in [0.25, 0.3) is 0 Å². The van der Waals surface area contributed by atoms with Crippen LogP contribution in [0.2, 0.25) is 0 Å². The van der Waals surface area contributed by atoms with Crippen LogP contribution in [0.4, 0.5) is 8.78 Å².